The summed E-state index contributed by atoms with van der Waals surface area (Å²) in [5.41, 5.74) is 1.53. The fraction of sp³-hybridized carbons (Fsp3) is 0.286. The summed E-state index contributed by atoms with van der Waals surface area (Å²) >= 11 is 0. The van der Waals surface area contributed by atoms with Crippen LogP contribution in [0.25, 0.3) is 0 Å². The van der Waals surface area contributed by atoms with Gasteiger partial charge < -0.3 is 10.2 Å². The van der Waals surface area contributed by atoms with Gasteiger partial charge in [-0.25, -0.2) is 0 Å². The number of amides is 1. The molecule has 2 aromatic rings. The molecule has 1 atom stereocenters. The fourth-order valence-electron chi connectivity index (χ4n) is 2.65. The van der Waals surface area contributed by atoms with E-state index in [4.69, 9.17) is 0 Å². The predicted octanol–water partition coefficient (Wildman–Crippen LogP) is 0.958. The standard InChI is InChI=1S/C14H15N7O3/c1-8-11(13(22)19(2)3)12(20-14(15-8)16-17-18-20)9-5-4-6-10(7-9)21(23)24/h4-7,12H,1-3H3,(H,15,16,18)/t12-/m1/s1. The molecule has 10 nitrogen and oxygen atoms in total. The minimum atomic E-state index is -0.647. The Morgan fingerprint density at radius 3 is 2.83 bits per heavy atom. The van der Waals surface area contributed by atoms with E-state index in [9.17, 15) is 14.9 Å². The highest BCUT2D eigenvalue weighted by Gasteiger charge is 2.35. The molecule has 0 unspecified atom stereocenters. The van der Waals surface area contributed by atoms with Gasteiger partial charge >= 0.3 is 0 Å². The number of nitrogens with zero attached hydrogens (tertiary/aromatic N) is 6. The number of carbonyl (C=O) groups is 1. The molecule has 124 valence electrons. The number of benzene rings is 1. The molecule has 0 radical (unpaired) electrons. The van der Waals surface area contributed by atoms with Crippen LogP contribution < -0.4 is 5.32 Å². The number of anilines is 1. The molecule has 1 amide bonds. The normalized spacial score (nSPS) is 16.4. The first-order chi connectivity index (χ1) is 11.4. The van der Waals surface area contributed by atoms with E-state index < -0.39 is 11.0 Å². The van der Waals surface area contributed by atoms with E-state index in [1.54, 1.807) is 33.2 Å². The van der Waals surface area contributed by atoms with E-state index in [-0.39, 0.29) is 11.6 Å². The number of non-ortho nitro benzene ring substituents is 1. The summed E-state index contributed by atoms with van der Waals surface area (Å²) in [7, 11) is 3.28. The summed E-state index contributed by atoms with van der Waals surface area (Å²) < 4.78 is 1.45. The van der Waals surface area contributed by atoms with Crippen molar-refractivity contribution in [2.24, 2.45) is 0 Å². The van der Waals surface area contributed by atoms with Gasteiger partial charge in [0.1, 0.15) is 6.04 Å². The highest BCUT2D eigenvalue weighted by molar-refractivity contribution is 5.96. The van der Waals surface area contributed by atoms with Gasteiger partial charge in [0.15, 0.2) is 0 Å². The van der Waals surface area contributed by atoms with E-state index in [0.29, 0.717) is 22.8 Å². The molecule has 1 aromatic heterocycles. The van der Waals surface area contributed by atoms with Gasteiger partial charge in [-0.2, -0.15) is 4.68 Å². The van der Waals surface area contributed by atoms with Gasteiger partial charge in [-0.3, -0.25) is 14.9 Å². The monoisotopic (exact) mass is 329 g/mol. The number of tetrazole rings is 1. The Morgan fingerprint density at radius 2 is 2.17 bits per heavy atom. The summed E-state index contributed by atoms with van der Waals surface area (Å²) in [5, 5.41) is 25.5. The summed E-state index contributed by atoms with van der Waals surface area (Å²) in [6.45, 7) is 1.75. The van der Waals surface area contributed by atoms with Gasteiger partial charge in [0.2, 0.25) is 5.95 Å². The topological polar surface area (TPSA) is 119 Å². The van der Waals surface area contributed by atoms with Crippen molar-refractivity contribution in [3.05, 3.63) is 51.2 Å². The summed E-state index contributed by atoms with van der Waals surface area (Å²) in [5.74, 6) is 0.150. The Morgan fingerprint density at radius 1 is 1.42 bits per heavy atom. The van der Waals surface area contributed by atoms with Crippen LogP contribution >= 0.6 is 0 Å². The lowest BCUT2D eigenvalue weighted by atomic mass is 9.94. The van der Waals surface area contributed by atoms with Crippen molar-refractivity contribution in [1.29, 1.82) is 0 Å². The quantitative estimate of drug-likeness (QED) is 0.658. The second kappa shape index (κ2) is 5.72. The molecule has 10 heteroatoms. The lowest BCUT2D eigenvalue weighted by Crippen LogP contribution is -2.34. The molecule has 0 spiro atoms. The lowest BCUT2D eigenvalue weighted by Gasteiger charge is -2.29. The number of nitro benzene ring substituents is 1. The molecule has 2 heterocycles. The average Bonchev–Trinajstić information content (AvgIpc) is 3.00. The number of hydrogen-bond acceptors (Lipinski definition) is 7. The van der Waals surface area contributed by atoms with Crippen LogP contribution in [0.5, 0.6) is 0 Å². The Labute approximate surface area is 136 Å². The number of nitrogens with one attached hydrogen (secondary N) is 1. The number of allylic oxidation sites excluding steroid dienone is 1. The zero-order valence-corrected chi connectivity index (χ0v) is 13.3. The maximum atomic E-state index is 12.7. The van der Waals surface area contributed by atoms with Crippen LogP contribution in [0.4, 0.5) is 11.6 Å². The second-order valence-corrected chi connectivity index (χ2v) is 5.56. The number of carbonyl (C=O) groups excluding carboxylic acids is 1. The first-order valence-electron chi connectivity index (χ1n) is 7.12. The van der Waals surface area contributed by atoms with Crippen LogP contribution in [-0.4, -0.2) is 50.0 Å². The van der Waals surface area contributed by atoms with Crippen LogP contribution in [0.3, 0.4) is 0 Å². The van der Waals surface area contributed by atoms with E-state index in [1.807, 2.05) is 0 Å². The van der Waals surface area contributed by atoms with Crippen molar-refractivity contribution in [3.8, 4) is 0 Å². The Bertz CT molecular complexity index is 856. The van der Waals surface area contributed by atoms with Crippen molar-refractivity contribution in [2.45, 2.75) is 13.0 Å². The Kier molecular flexibility index (Phi) is 3.72. The third-order valence-electron chi connectivity index (χ3n) is 3.75. The van der Waals surface area contributed by atoms with Crippen molar-refractivity contribution in [2.75, 3.05) is 19.4 Å². The van der Waals surface area contributed by atoms with E-state index in [1.165, 1.54) is 21.7 Å². The molecule has 0 saturated carbocycles. The number of aromatic nitrogens is 4. The number of nitro groups is 1. The van der Waals surface area contributed by atoms with Crippen LogP contribution in [0, 0.1) is 10.1 Å². The molecular formula is C14H15N7O3. The first-order valence-corrected chi connectivity index (χ1v) is 7.12. The minimum Gasteiger partial charge on any atom is -0.345 e. The maximum Gasteiger partial charge on any atom is 0.269 e. The molecule has 0 fully saturated rings. The molecule has 0 saturated heterocycles. The van der Waals surface area contributed by atoms with Crippen molar-refractivity contribution in [1.82, 2.24) is 25.1 Å². The molecule has 1 N–H and O–H groups in total. The lowest BCUT2D eigenvalue weighted by molar-refractivity contribution is -0.384. The fourth-order valence-corrected chi connectivity index (χ4v) is 2.65. The maximum absolute atomic E-state index is 12.7. The number of fused-ring (bicyclic) bond motifs is 1. The van der Waals surface area contributed by atoms with Gasteiger partial charge in [-0.15, -0.1) is 0 Å². The van der Waals surface area contributed by atoms with Gasteiger partial charge in [0.05, 0.1) is 10.5 Å². The van der Waals surface area contributed by atoms with Crippen LogP contribution in [0.2, 0.25) is 0 Å². The van der Waals surface area contributed by atoms with Crippen molar-refractivity contribution < 1.29 is 9.72 Å². The molecule has 24 heavy (non-hydrogen) atoms. The third kappa shape index (κ3) is 2.47. The molecule has 1 aliphatic rings. The molecule has 1 aliphatic heterocycles. The number of hydrogen-bond donors (Lipinski definition) is 1. The molecule has 3 rings (SSSR count). The Balaban J connectivity index is 2.20. The van der Waals surface area contributed by atoms with Gasteiger partial charge in [-0.05, 0) is 22.9 Å². The van der Waals surface area contributed by atoms with Gasteiger partial charge in [0.25, 0.3) is 11.6 Å². The van der Waals surface area contributed by atoms with Crippen LogP contribution in [0.1, 0.15) is 18.5 Å². The Hall–Kier alpha value is -3.30. The second-order valence-electron chi connectivity index (χ2n) is 5.56. The molecular weight excluding hydrogens is 314 g/mol. The predicted molar refractivity (Wildman–Crippen MR) is 84.1 cm³/mol. The minimum absolute atomic E-state index is 0.0602. The summed E-state index contributed by atoms with van der Waals surface area (Å²) in [6, 6.07) is 5.47. The summed E-state index contributed by atoms with van der Waals surface area (Å²) in [6.07, 6.45) is 0. The van der Waals surface area contributed by atoms with Crippen LogP contribution in [-0.2, 0) is 4.79 Å². The highest BCUT2D eigenvalue weighted by Crippen LogP contribution is 2.35. The van der Waals surface area contributed by atoms with Crippen molar-refractivity contribution >= 4 is 17.5 Å². The average molecular weight is 329 g/mol. The largest absolute Gasteiger partial charge is 0.345 e. The molecule has 1 aromatic carbocycles. The van der Waals surface area contributed by atoms with Crippen molar-refractivity contribution in [3.63, 3.8) is 0 Å². The number of likely N-dealkylation sites (N-methyl/N-ethyl adjacent to an activating group) is 1. The SMILES string of the molecule is CC1=C(C(=O)N(C)C)[C@@H](c2cccc([N+](=O)[O-])c2)n2nnnc2N1. The van der Waals surface area contributed by atoms with E-state index in [2.05, 4.69) is 20.8 Å². The smallest absolute Gasteiger partial charge is 0.269 e. The van der Waals surface area contributed by atoms with E-state index in [0.717, 1.165) is 0 Å². The summed E-state index contributed by atoms with van der Waals surface area (Å²) in [4.78, 5) is 24.7. The molecule has 0 aliphatic carbocycles. The zero-order chi connectivity index (χ0) is 17.4. The molecule has 0 bridgehead atoms. The highest BCUT2D eigenvalue weighted by atomic mass is 16.6. The number of rotatable bonds is 3. The third-order valence-corrected chi connectivity index (χ3v) is 3.75. The van der Waals surface area contributed by atoms with E-state index >= 15 is 0 Å². The van der Waals surface area contributed by atoms with Crippen LogP contribution in [0.15, 0.2) is 35.5 Å². The zero-order valence-electron chi connectivity index (χ0n) is 13.3. The van der Waals surface area contributed by atoms with Gasteiger partial charge in [0, 0.05) is 31.9 Å². The van der Waals surface area contributed by atoms with Gasteiger partial charge in [-0.1, -0.05) is 17.2 Å². The first kappa shape index (κ1) is 15.6.